The third-order valence-electron chi connectivity index (χ3n) is 5.47. The number of hydrazine groups is 1. The van der Waals surface area contributed by atoms with Crippen LogP contribution in [0.15, 0.2) is 60.7 Å². The zero-order chi connectivity index (χ0) is 20.2. The van der Waals surface area contributed by atoms with Gasteiger partial charge in [0.05, 0.1) is 27.6 Å². The fourth-order valence-electron chi connectivity index (χ4n) is 3.98. The smallest absolute Gasteiger partial charge is 0.277 e. The first kappa shape index (κ1) is 18.9. The molecule has 3 aromatic rings. The van der Waals surface area contributed by atoms with Crippen LogP contribution in [-0.4, -0.2) is 29.6 Å². The molecular weight excluding hydrogens is 364 g/mol. The van der Waals surface area contributed by atoms with Crippen LogP contribution in [0.25, 0.3) is 10.8 Å². The van der Waals surface area contributed by atoms with Crippen LogP contribution in [0.3, 0.4) is 0 Å². The van der Waals surface area contributed by atoms with Crippen LogP contribution in [0, 0.1) is 21.4 Å². The van der Waals surface area contributed by atoms with E-state index in [0.717, 1.165) is 50.0 Å². The summed E-state index contributed by atoms with van der Waals surface area (Å²) in [5, 5.41) is 26.6. The van der Waals surface area contributed by atoms with E-state index in [1.165, 1.54) is 5.56 Å². The first-order chi connectivity index (χ1) is 14.2. The van der Waals surface area contributed by atoms with E-state index in [1.54, 1.807) is 6.07 Å². The summed E-state index contributed by atoms with van der Waals surface area (Å²) in [6.07, 6.45) is 3.11. The average molecular weight is 386 g/mol. The van der Waals surface area contributed by atoms with E-state index >= 15 is 0 Å². The van der Waals surface area contributed by atoms with E-state index in [0.29, 0.717) is 10.9 Å². The largest absolute Gasteiger partial charge is 0.305 e. The van der Waals surface area contributed by atoms with Gasteiger partial charge in [0.25, 0.3) is 5.69 Å². The Labute approximate surface area is 169 Å². The standard InChI is InChI=1S/C23H22N4O2/c24-17-19-9-7-18(8-10-19)13-16-25-14-3-4-15-26(25)22-11-12-23(27(28)29)21-6-2-1-5-20(21)22/h1-2,5-12H,3-4,13-16H2. The minimum Gasteiger partial charge on any atom is -0.305 e. The Kier molecular flexibility index (Phi) is 5.41. The molecule has 0 aromatic heterocycles. The second-order valence-corrected chi connectivity index (χ2v) is 7.25. The minimum absolute atomic E-state index is 0.144. The number of rotatable bonds is 5. The normalized spacial score (nSPS) is 14.7. The lowest BCUT2D eigenvalue weighted by atomic mass is 10.1. The van der Waals surface area contributed by atoms with Crippen molar-refractivity contribution in [1.29, 1.82) is 5.26 Å². The van der Waals surface area contributed by atoms with Crippen molar-refractivity contribution >= 4 is 22.1 Å². The molecule has 0 spiro atoms. The monoisotopic (exact) mass is 386 g/mol. The molecule has 6 heteroatoms. The Morgan fingerprint density at radius 1 is 0.966 bits per heavy atom. The molecule has 6 nitrogen and oxygen atoms in total. The molecule has 1 saturated heterocycles. The lowest BCUT2D eigenvalue weighted by molar-refractivity contribution is -0.383. The van der Waals surface area contributed by atoms with Crippen LogP contribution in [0.5, 0.6) is 0 Å². The average Bonchev–Trinajstić information content (AvgIpc) is 2.77. The molecule has 1 fully saturated rings. The maximum absolute atomic E-state index is 11.4. The number of benzene rings is 3. The maximum atomic E-state index is 11.4. The Bertz CT molecular complexity index is 1070. The molecular formula is C23H22N4O2. The van der Waals surface area contributed by atoms with Crippen molar-refractivity contribution in [3.63, 3.8) is 0 Å². The van der Waals surface area contributed by atoms with Crippen LogP contribution >= 0.6 is 0 Å². The second-order valence-electron chi connectivity index (χ2n) is 7.25. The van der Waals surface area contributed by atoms with Gasteiger partial charge in [-0.05, 0) is 49.1 Å². The highest BCUT2D eigenvalue weighted by atomic mass is 16.6. The van der Waals surface area contributed by atoms with Crippen LogP contribution in [0.2, 0.25) is 0 Å². The van der Waals surface area contributed by atoms with Gasteiger partial charge in [0.2, 0.25) is 0 Å². The zero-order valence-electron chi connectivity index (χ0n) is 16.1. The van der Waals surface area contributed by atoms with Gasteiger partial charge in [-0.3, -0.25) is 10.1 Å². The number of nitro groups is 1. The number of non-ortho nitro benzene ring substituents is 1. The van der Waals surface area contributed by atoms with E-state index in [-0.39, 0.29) is 10.6 Å². The van der Waals surface area contributed by atoms with Gasteiger partial charge in [0.15, 0.2) is 0 Å². The highest BCUT2D eigenvalue weighted by molar-refractivity contribution is 5.99. The zero-order valence-corrected chi connectivity index (χ0v) is 16.1. The van der Waals surface area contributed by atoms with Crippen molar-refractivity contribution in [1.82, 2.24) is 5.01 Å². The SMILES string of the molecule is N#Cc1ccc(CCN2CCCCN2c2ccc([N+](=O)[O-])c3ccccc23)cc1. The molecule has 0 unspecified atom stereocenters. The summed E-state index contributed by atoms with van der Waals surface area (Å²) in [7, 11) is 0. The van der Waals surface area contributed by atoms with Crippen LogP contribution in [0.1, 0.15) is 24.0 Å². The van der Waals surface area contributed by atoms with Gasteiger partial charge in [-0.15, -0.1) is 0 Å². The molecule has 0 saturated carbocycles. The number of nitrogens with zero attached hydrogens (tertiary/aromatic N) is 4. The Morgan fingerprint density at radius 3 is 2.41 bits per heavy atom. The van der Waals surface area contributed by atoms with E-state index < -0.39 is 0 Å². The van der Waals surface area contributed by atoms with Crippen molar-refractivity contribution in [3.05, 3.63) is 81.9 Å². The van der Waals surface area contributed by atoms with Gasteiger partial charge in [0, 0.05) is 31.1 Å². The van der Waals surface area contributed by atoms with Crippen molar-refractivity contribution in [2.45, 2.75) is 19.3 Å². The summed E-state index contributed by atoms with van der Waals surface area (Å²) in [6, 6.07) is 20.9. The van der Waals surface area contributed by atoms with Gasteiger partial charge >= 0.3 is 0 Å². The molecule has 146 valence electrons. The molecule has 1 heterocycles. The molecule has 0 N–H and O–H groups in total. The summed E-state index contributed by atoms with van der Waals surface area (Å²) in [4.78, 5) is 11.1. The second kappa shape index (κ2) is 8.29. The van der Waals surface area contributed by atoms with E-state index in [9.17, 15) is 10.1 Å². The van der Waals surface area contributed by atoms with Gasteiger partial charge in [-0.1, -0.05) is 30.3 Å². The third-order valence-corrected chi connectivity index (χ3v) is 5.47. The van der Waals surface area contributed by atoms with Crippen LogP contribution < -0.4 is 5.01 Å². The molecule has 4 rings (SSSR count). The molecule has 0 bridgehead atoms. The predicted octanol–water partition coefficient (Wildman–Crippen LogP) is 4.68. The molecule has 1 aliphatic rings. The van der Waals surface area contributed by atoms with Gasteiger partial charge in [0.1, 0.15) is 0 Å². The van der Waals surface area contributed by atoms with Crippen molar-refractivity contribution < 1.29 is 4.92 Å². The molecule has 29 heavy (non-hydrogen) atoms. The Hall–Kier alpha value is -3.43. The van der Waals surface area contributed by atoms with E-state index in [4.69, 9.17) is 5.26 Å². The highest BCUT2D eigenvalue weighted by Crippen LogP contribution is 2.35. The van der Waals surface area contributed by atoms with Crippen LogP contribution in [0.4, 0.5) is 11.4 Å². The number of hydrogen-bond acceptors (Lipinski definition) is 5. The summed E-state index contributed by atoms with van der Waals surface area (Å²) < 4.78 is 0. The number of nitro benzene ring substituents is 1. The molecule has 0 radical (unpaired) electrons. The molecule has 3 aromatic carbocycles. The fourth-order valence-corrected chi connectivity index (χ4v) is 3.98. The molecule has 0 amide bonds. The predicted molar refractivity (Wildman–Crippen MR) is 114 cm³/mol. The highest BCUT2D eigenvalue weighted by Gasteiger charge is 2.23. The third kappa shape index (κ3) is 3.91. The lowest BCUT2D eigenvalue weighted by Crippen LogP contribution is -2.48. The van der Waals surface area contributed by atoms with Crippen molar-refractivity contribution in [2.75, 3.05) is 24.6 Å². The quantitative estimate of drug-likeness (QED) is 0.470. The Balaban J connectivity index is 1.61. The first-order valence-corrected chi connectivity index (χ1v) is 9.85. The van der Waals surface area contributed by atoms with E-state index in [1.807, 2.05) is 54.6 Å². The summed E-state index contributed by atoms with van der Waals surface area (Å²) >= 11 is 0. The van der Waals surface area contributed by atoms with Gasteiger partial charge in [-0.2, -0.15) is 5.26 Å². The maximum Gasteiger partial charge on any atom is 0.277 e. The first-order valence-electron chi connectivity index (χ1n) is 9.85. The molecule has 1 aliphatic heterocycles. The number of hydrogen-bond donors (Lipinski definition) is 0. The summed E-state index contributed by atoms with van der Waals surface area (Å²) in [5.41, 5.74) is 3.03. The molecule has 0 aliphatic carbocycles. The summed E-state index contributed by atoms with van der Waals surface area (Å²) in [5.74, 6) is 0. The van der Waals surface area contributed by atoms with Crippen LogP contribution in [-0.2, 0) is 6.42 Å². The summed E-state index contributed by atoms with van der Waals surface area (Å²) in [6.45, 7) is 2.72. The Morgan fingerprint density at radius 2 is 1.69 bits per heavy atom. The molecule has 0 atom stereocenters. The lowest BCUT2D eigenvalue weighted by Gasteiger charge is -2.41. The van der Waals surface area contributed by atoms with Crippen molar-refractivity contribution in [3.8, 4) is 6.07 Å². The topological polar surface area (TPSA) is 73.4 Å². The number of anilines is 1. The van der Waals surface area contributed by atoms with Gasteiger partial charge < -0.3 is 5.01 Å². The number of fused-ring (bicyclic) bond motifs is 1. The minimum atomic E-state index is -0.314. The van der Waals surface area contributed by atoms with Crippen molar-refractivity contribution in [2.24, 2.45) is 0 Å². The van der Waals surface area contributed by atoms with E-state index in [2.05, 4.69) is 16.1 Å². The van der Waals surface area contributed by atoms with Gasteiger partial charge in [-0.25, -0.2) is 5.01 Å². The number of nitriles is 1. The fraction of sp³-hybridized carbons (Fsp3) is 0.261.